The lowest BCUT2D eigenvalue weighted by atomic mass is 10.2. The van der Waals surface area contributed by atoms with E-state index in [1.807, 2.05) is 32.0 Å². The molecule has 1 aromatic carbocycles. The zero-order valence-electron chi connectivity index (χ0n) is 15.6. The van der Waals surface area contributed by atoms with Gasteiger partial charge in [-0.15, -0.1) is 0 Å². The van der Waals surface area contributed by atoms with Crippen molar-refractivity contribution in [2.45, 2.75) is 13.8 Å². The van der Waals surface area contributed by atoms with Gasteiger partial charge in [0, 0.05) is 52.2 Å². The summed E-state index contributed by atoms with van der Waals surface area (Å²) in [6.07, 6.45) is 6.61. The third kappa shape index (κ3) is 3.40. The topological polar surface area (TPSA) is 72.2 Å². The van der Waals surface area contributed by atoms with Gasteiger partial charge in [-0.25, -0.2) is 5.43 Å². The Bertz CT molecular complexity index is 1180. The number of fused-ring (bicyclic) bond motifs is 1. The van der Waals surface area contributed by atoms with Crippen molar-refractivity contribution in [2.75, 3.05) is 0 Å². The molecule has 4 aromatic rings. The first-order valence-electron chi connectivity index (χ1n) is 8.91. The predicted molar refractivity (Wildman–Crippen MR) is 110 cm³/mol. The zero-order chi connectivity index (χ0) is 19.5. The highest BCUT2D eigenvalue weighted by Gasteiger charge is 2.10. The molecule has 0 saturated heterocycles. The van der Waals surface area contributed by atoms with Crippen LogP contribution in [0.4, 0.5) is 0 Å². The summed E-state index contributed by atoms with van der Waals surface area (Å²) in [5.41, 5.74) is 8.17. The van der Waals surface area contributed by atoms with E-state index in [0.717, 1.165) is 33.5 Å². The number of amides is 1. The molecule has 0 atom stereocenters. The normalized spacial score (nSPS) is 11.2. The van der Waals surface area contributed by atoms with Crippen molar-refractivity contribution in [3.8, 4) is 5.69 Å². The molecule has 0 saturated carbocycles. The van der Waals surface area contributed by atoms with Gasteiger partial charge in [-0.1, -0.05) is 6.07 Å². The summed E-state index contributed by atoms with van der Waals surface area (Å²) >= 11 is 0. The summed E-state index contributed by atoms with van der Waals surface area (Å²) in [5.74, 6) is -0.269. The Morgan fingerprint density at radius 2 is 1.89 bits per heavy atom. The second-order valence-electron chi connectivity index (χ2n) is 6.48. The number of benzene rings is 1. The molecule has 3 heterocycles. The summed E-state index contributed by atoms with van der Waals surface area (Å²) in [6.45, 7) is 4.08. The van der Waals surface area contributed by atoms with Gasteiger partial charge in [-0.2, -0.15) is 5.10 Å². The van der Waals surface area contributed by atoms with Crippen molar-refractivity contribution < 1.29 is 4.79 Å². The summed E-state index contributed by atoms with van der Waals surface area (Å²) < 4.78 is 2.17. The predicted octanol–water partition coefficient (Wildman–Crippen LogP) is 3.80. The fourth-order valence-electron chi connectivity index (χ4n) is 3.25. The molecule has 0 aliphatic heterocycles. The molecule has 1 amide bonds. The molecular weight excluding hydrogens is 350 g/mol. The number of hydrogen-bond donors (Lipinski definition) is 1. The summed E-state index contributed by atoms with van der Waals surface area (Å²) in [4.78, 5) is 20.3. The van der Waals surface area contributed by atoms with Gasteiger partial charge in [0.15, 0.2) is 0 Å². The molecule has 0 spiro atoms. The number of pyridine rings is 2. The van der Waals surface area contributed by atoms with Crippen molar-refractivity contribution >= 4 is 23.0 Å². The first-order valence-corrected chi connectivity index (χ1v) is 8.91. The molecule has 0 unspecified atom stereocenters. The first-order chi connectivity index (χ1) is 13.6. The molecule has 3 aromatic heterocycles. The van der Waals surface area contributed by atoms with Crippen molar-refractivity contribution in [1.29, 1.82) is 0 Å². The highest BCUT2D eigenvalue weighted by Crippen LogP contribution is 2.22. The number of aryl methyl sites for hydroxylation is 1. The Hall–Kier alpha value is -3.80. The SMILES string of the molecule is Cc1cc(C=NNC(=O)c2ccncc2)c(C)n1-c1ccc2ncccc2c1. The maximum Gasteiger partial charge on any atom is 0.271 e. The van der Waals surface area contributed by atoms with Crippen LogP contribution in [-0.4, -0.2) is 26.7 Å². The highest BCUT2D eigenvalue weighted by atomic mass is 16.2. The molecule has 0 aliphatic rings. The van der Waals surface area contributed by atoms with E-state index in [0.29, 0.717) is 5.56 Å². The lowest BCUT2D eigenvalue weighted by Gasteiger charge is -2.10. The van der Waals surface area contributed by atoms with Gasteiger partial charge in [0.2, 0.25) is 0 Å². The van der Waals surface area contributed by atoms with Crippen LogP contribution in [0, 0.1) is 13.8 Å². The number of hydrazone groups is 1. The Kier molecular flexibility index (Phi) is 4.68. The molecule has 6 heteroatoms. The van der Waals surface area contributed by atoms with E-state index in [2.05, 4.69) is 43.3 Å². The van der Waals surface area contributed by atoms with Gasteiger partial charge in [-0.3, -0.25) is 14.8 Å². The minimum atomic E-state index is -0.269. The van der Waals surface area contributed by atoms with Gasteiger partial charge in [0.25, 0.3) is 5.91 Å². The van der Waals surface area contributed by atoms with Gasteiger partial charge in [0.1, 0.15) is 0 Å². The second-order valence-corrected chi connectivity index (χ2v) is 6.48. The number of carbonyl (C=O) groups is 1. The number of nitrogens with zero attached hydrogens (tertiary/aromatic N) is 4. The molecular formula is C22H19N5O. The molecule has 0 bridgehead atoms. The third-order valence-electron chi connectivity index (χ3n) is 4.63. The van der Waals surface area contributed by atoms with E-state index in [-0.39, 0.29) is 5.91 Å². The Morgan fingerprint density at radius 1 is 1.07 bits per heavy atom. The van der Waals surface area contributed by atoms with Crippen molar-refractivity contribution in [2.24, 2.45) is 5.10 Å². The fourth-order valence-corrected chi connectivity index (χ4v) is 3.25. The number of hydrogen-bond acceptors (Lipinski definition) is 4. The molecule has 6 nitrogen and oxygen atoms in total. The van der Waals surface area contributed by atoms with Crippen LogP contribution in [-0.2, 0) is 0 Å². The molecule has 28 heavy (non-hydrogen) atoms. The van der Waals surface area contributed by atoms with Crippen LogP contribution < -0.4 is 5.43 Å². The second kappa shape index (κ2) is 7.44. The maximum absolute atomic E-state index is 12.1. The number of nitrogens with one attached hydrogen (secondary N) is 1. The summed E-state index contributed by atoms with van der Waals surface area (Å²) in [6, 6.07) is 15.5. The van der Waals surface area contributed by atoms with Gasteiger partial charge < -0.3 is 4.57 Å². The third-order valence-corrected chi connectivity index (χ3v) is 4.63. The number of rotatable bonds is 4. The van der Waals surface area contributed by atoms with Crippen LogP contribution in [0.5, 0.6) is 0 Å². The van der Waals surface area contributed by atoms with Crippen LogP contribution in [0.1, 0.15) is 27.3 Å². The first kappa shape index (κ1) is 17.6. The monoisotopic (exact) mass is 369 g/mol. The molecule has 138 valence electrons. The Balaban J connectivity index is 1.59. The quantitative estimate of drug-likeness (QED) is 0.439. The van der Waals surface area contributed by atoms with E-state index in [1.54, 1.807) is 36.9 Å². The van der Waals surface area contributed by atoms with Crippen LogP contribution in [0.2, 0.25) is 0 Å². The number of carbonyl (C=O) groups excluding carboxylic acids is 1. The Morgan fingerprint density at radius 3 is 2.71 bits per heavy atom. The minimum Gasteiger partial charge on any atom is -0.318 e. The minimum absolute atomic E-state index is 0.269. The van der Waals surface area contributed by atoms with Crippen molar-refractivity contribution in [3.63, 3.8) is 0 Å². The van der Waals surface area contributed by atoms with E-state index in [9.17, 15) is 4.79 Å². The van der Waals surface area contributed by atoms with Gasteiger partial charge in [-0.05, 0) is 56.3 Å². The van der Waals surface area contributed by atoms with Crippen molar-refractivity contribution in [1.82, 2.24) is 20.0 Å². The van der Waals surface area contributed by atoms with Crippen LogP contribution >= 0.6 is 0 Å². The lowest BCUT2D eigenvalue weighted by molar-refractivity contribution is 0.0955. The molecule has 0 aliphatic carbocycles. The average Bonchev–Trinajstić information content (AvgIpc) is 3.01. The summed E-state index contributed by atoms with van der Waals surface area (Å²) in [7, 11) is 0. The summed E-state index contributed by atoms with van der Waals surface area (Å²) in [5, 5.41) is 5.20. The number of aromatic nitrogens is 3. The zero-order valence-corrected chi connectivity index (χ0v) is 15.6. The van der Waals surface area contributed by atoms with E-state index in [1.165, 1.54) is 0 Å². The average molecular weight is 369 g/mol. The van der Waals surface area contributed by atoms with E-state index < -0.39 is 0 Å². The van der Waals surface area contributed by atoms with E-state index in [4.69, 9.17) is 0 Å². The highest BCUT2D eigenvalue weighted by molar-refractivity contribution is 5.94. The molecule has 1 N–H and O–H groups in total. The van der Waals surface area contributed by atoms with Crippen LogP contribution in [0.3, 0.4) is 0 Å². The molecule has 0 radical (unpaired) electrons. The van der Waals surface area contributed by atoms with Gasteiger partial charge >= 0.3 is 0 Å². The fraction of sp³-hybridized carbons (Fsp3) is 0.0909. The standard InChI is InChI=1S/C22H19N5O/c1-15-12-19(14-25-26-22(28)17-7-10-23-11-8-17)16(2)27(15)20-5-6-21-18(13-20)4-3-9-24-21/h3-14H,1-2H3,(H,26,28). The maximum atomic E-state index is 12.1. The van der Waals surface area contributed by atoms with Crippen molar-refractivity contribution in [3.05, 3.63) is 89.6 Å². The largest absolute Gasteiger partial charge is 0.318 e. The smallest absolute Gasteiger partial charge is 0.271 e. The van der Waals surface area contributed by atoms with Crippen LogP contribution in [0.15, 0.2) is 72.2 Å². The lowest BCUT2D eigenvalue weighted by Crippen LogP contribution is -2.17. The Labute approximate surface area is 162 Å². The van der Waals surface area contributed by atoms with E-state index >= 15 is 0 Å². The van der Waals surface area contributed by atoms with Gasteiger partial charge in [0.05, 0.1) is 11.7 Å². The molecule has 0 fully saturated rings. The van der Waals surface area contributed by atoms with Crippen LogP contribution in [0.25, 0.3) is 16.6 Å². The molecule has 4 rings (SSSR count).